The zero-order valence-electron chi connectivity index (χ0n) is 12.4. The third-order valence-corrected chi connectivity index (χ3v) is 4.48. The van der Waals surface area contributed by atoms with Crippen LogP contribution in [-0.2, 0) is 6.54 Å². The molecule has 0 spiro atoms. The van der Waals surface area contributed by atoms with Gasteiger partial charge in [0.2, 0.25) is 5.88 Å². The molecule has 4 nitrogen and oxygen atoms in total. The van der Waals surface area contributed by atoms with E-state index in [9.17, 15) is 8.78 Å². The van der Waals surface area contributed by atoms with Crippen LogP contribution in [0, 0.1) is 0 Å². The monoisotopic (exact) mass is 297 g/mol. The fourth-order valence-electron chi connectivity index (χ4n) is 3.28. The molecule has 2 atom stereocenters. The maximum atomic E-state index is 12.1. The Balaban J connectivity index is 1.56. The maximum Gasteiger partial charge on any atom is 0.388 e. The number of hydrogen-bond acceptors (Lipinski definition) is 4. The van der Waals surface area contributed by atoms with Crippen molar-refractivity contribution in [3.8, 4) is 5.88 Å². The Morgan fingerprint density at radius 2 is 2.00 bits per heavy atom. The Labute approximate surface area is 123 Å². The van der Waals surface area contributed by atoms with Gasteiger partial charge in [0, 0.05) is 50.0 Å². The molecule has 3 aliphatic heterocycles. The number of ether oxygens (including phenoxy) is 1. The van der Waals surface area contributed by atoms with Gasteiger partial charge in [-0.1, -0.05) is 6.07 Å². The van der Waals surface area contributed by atoms with Crippen LogP contribution < -0.4 is 4.74 Å². The van der Waals surface area contributed by atoms with E-state index in [1.807, 2.05) is 6.07 Å². The van der Waals surface area contributed by atoms with Crippen molar-refractivity contribution in [1.82, 2.24) is 14.8 Å². The minimum atomic E-state index is -2.82. The summed E-state index contributed by atoms with van der Waals surface area (Å²) < 4.78 is 28.4. The molecule has 116 valence electrons. The summed E-state index contributed by atoms with van der Waals surface area (Å²) in [5, 5.41) is 0. The third-order valence-electron chi connectivity index (χ3n) is 4.48. The number of piperidine rings is 1. The Hall–Kier alpha value is -1.27. The van der Waals surface area contributed by atoms with Crippen LogP contribution in [-0.4, -0.2) is 52.6 Å². The van der Waals surface area contributed by atoms with Crippen LogP contribution in [0.2, 0.25) is 0 Å². The van der Waals surface area contributed by atoms with Gasteiger partial charge in [-0.15, -0.1) is 0 Å². The first-order valence-electron chi connectivity index (χ1n) is 7.42. The predicted octanol–water partition coefficient (Wildman–Crippen LogP) is 2.35. The van der Waals surface area contributed by atoms with Gasteiger partial charge in [-0.25, -0.2) is 4.98 Å². The summed E-state index contributed by atoms with van der Waals surface area (Å²) in [5.41, 5.74) is 1.05. The van der Waals surface area contributed by atoms with Gasteiger partial charge in [0.1, 0.15) is 0 Å². The number of alkyl halides is 2. The average molecular weight is 297 g/mol. The molecular weight excluding hydrogens is 276 g/mol. The number of hydrogen-bond donors (Lipinski definition) is 0. The van der Waals surface area contributed by atoms with Crippen molar-refractivity contribution in [3.05, 3.63) is 23.9 Å². The van der Waals surface area contributed by atoms with Crippen LogP contribution in [0.4, 0.5) is 8.78 Å². The summed E-state index contributed by atoms with van der Waals surface area (Å²) in [4.78, 5) is 8.94. The summed E-state index contributed by atoms with van der Waals surface area (Å²) in [7, 11) is 0. The largest absolute Gasteiger partial charge is 0.417 e. The molecule has 1 aromatic rings. The van der Waals surface area contributed by atoms with Gasteiger partial charge in [0.25, 0.3) is 0 Å². The van der Waals surface area contributed by atoms with Gasteiger partial charge < -0.3 is 4.74 Å². The van der Waals surface area contributed by atoms with E-state index < -0.39 is 6.61 Å². The minimum Gasteiger partial charge on any atom is -0.417 e. The van der Waals surface area contributed by atoms with E-state index in [0.717, 1.165) is 25.2 Å². The predicted molar refractivity (Wildman–Crippen MR) is 75.3 cm³/mol. The first-order valence-corrected chi connectivity index (χ1v) is 7.42. The summed E-state index contributed by atoms with van der Waals surface area (Å²) in [6.07, 6.45) is 2.90. The van der Waals surface area contributed by atoms with Crippen molar-refractivity contribution in [3.63, 3.8) is 0 Å². The molecule has 0 aromatic carbocycles. The molecule has 3 aliphatic rings. The maximum absolute atomic E-state index is 12.1. The lowest BCUT2D eigenvalue weighted by molar-refractivity contribution is -0.0836. The second-order valence-electron chi connectivity index (χ2n) is 6.15. The van der Waals surface area contributed by atoms with Gasteiger partial charge in [-0.05, 0) is 25.8 Å². The van der Waals surface area contributed by atoms with Crippen LogP contribution in [0.15, 0.2) is 18.3 Å². The third kappa shape index (κ3) is 3.16. The molecule has 1 aromatic heterocycles. The van der Waals surface area contributed by atoms with Crippen LogP contribution in [0.3, 0.4) is 0 Å². The molecule has 0 radical (unpaired) electrons. The van der Waals surface area contributed by atoms with Crippen LogP contribution >= 0.6 is 0 Å². The lowest BCUT2D eigenvalue weighted by Crippen LogP contribution is -2.68. The van der Waals surface area contributed by atoms with E-state index in [1.165, 1.54) is 12.5 Å². The molecule has 0 amide bonds. The SMILES string of the molecule is CC(C)N1CC2CC(C1)N2Cc1ccc(OC(F)F)nc1. The fraction of sp³-hybridized carbons (Fsp3) is 0.667. The van der Waals surface area contributed by atoms with Gasteiger partial charge in [-0.3, -0.25) is 9.80 Å². The lowest BCUT2D eigenvalue weighted by Gasteiger charge is -2.57. The van der Waals surface area contributed by atoms with Crippen molar-refractivity contribution in [1.29, 1.82) is 0 Å². The number of fused-ring (bicyclic) bond motifs is 2. The van der Waals surface area contributed by atoms with Crippen LogP contribution in [0.1, 0.15) is 25.8 Å². The van der Waals surface area contributed by atoms with Crippen LogP contribution in [0.25, 0.3) is 0 Å². The smallest absolute Gasteiger partial charge is 0.388 e. The molecule has 3 fully saturated rings. The molecule has 3 saturated heterocycles. The molecule has 4 rings (SSSR count). The lowest BCUT2D eigenvalue weighted by atomic mass is 9.86. The number of piperazine rings is 1. The average Bonchev–Trinajstić information content (AvgIpc) is 2.45. The van der Waals surface area contributed by atoms with Crippen molar-refractivity contribution < 1.29 is 13.5 Å². The second kappa shape index (κ2) is 5.85. The van der Waals surface area contributed by atoms with Gasteiger partial charge in [0.15, 0.2) is 0 Å². The summed E-state index contributed by atoms with van der Waals surface area (Å²) >= 11 is 0. The molecule has 6 heteroatoms. The fourth-order valence-corrected chi connectivity index (χ4v) is 3.28. The van der Waals surface area contributed by atoms with E-state index in [-0.39, 0.29) is 5.88 Å². The highest BCUT2D eigenvalue weighted by Crippen LogP contribution is 2.34. The second-order valence-corrected chi connectivity index (χ2v) is 6.15. The quantitative estimate of drug-likeness (QED) is 0.834. The molecule has 0 aliphatic carbocycles. The van der Waals surface area contributed by atoms with Crippen molar-refractivity contribution in [2.45, 2.75) is 51.6 Å². The standard InChI is InChI=1S/C15H21F2N3O/c1-10(2)19-8-12-5-13(9-19)20(12)7-11-3-4-14(18-6-11)21-15(16)17/h3-4,6,10,12-13,15H,5,7-9H2,1-2H3. The number of pyridine rings is 1. The number of rotatable bonds is 5. The first kappa shape index (κ1) is 14.7. The molecular formula is C15H21F2N3O. The highest BCUT2D eigenvalue weighted by molar-refractivity contribution is 5.19. The van der Waals surface area contributed by atoms with E-state index in [0.29, 0.717) is 18.1 Å². The van der Waals surface area contributed by atoms with Crippen molar-refractivity contribution in [2.24, 2.45) is 0 Å². The van der Waals surface area contributed by atoms with Crippen LogP contribution in [0.5, 0.6) is 5.88 Å². The molecule has 21 heavy (non-hydrogen) atoms. The molecule has 2 unspecified atom stereocenters. The van der Waals surface area contributed by atoms with E-state index >= 15 is 0 Å². The van der Waals surface area contributed by atoms with Crippen molar-refractivity contribution >= 4 is 0 Å². The number of nitrogens with zero attached hydrogens (tertiary/aromatic N) is 3. The van der Waals surface area contributed by atoms with E-state index in [4.69, 9.17) is 0 Å². The Bertz CT molecular complexity index is 468. The summed E-state index contributed by atoms with van der Waals surface area (Å²) in [6.45, 7) is 4.73. The van der Waals surface area contributed by atoms with E-state index in [2.05, 4.69) is 33.4 Å². The topological polar surface area (TPSA) is 28.6 Å². The molecule has 2 bridgehead atoms. The zero-order chi connectivity index (χ0) is 15.0. The Kier molecular flexibility index (Phi) is 4.08. The number of halogens is 2. The number of aromatic nitrogens is 1. The minimum absolute atomic E-state index is 0.0245. The highest BCUT2D eigenvalue weighted by atomic mass is 19.3. The van der Waals surface area contributed by atoms with Gasteiger partial charge in [0.05, 0.1) is 0 Å². The van der Waals surface area contributed by atoms with Gasteiger partial charge >= 0.3 is 6.61 Å². The highest BCUT2D eigenvalue weighted by Gasteiger charge is 2.44. The normalized spacial score (nSPS) is 26.2. The summed E-state index contributed by atoms with van der Waals surface area (Å²) in [6, 6.07) is 5.16. The zero-order valence-corrected chi connectivity index (χ0v) is 12.4. The van der Waals surface area contributed by atoms with Crippen molar-refractivity contribution in [2.75, 3.05) is 13.1 Å². The Morgan fingerprint density at radius 1 is 1.29 bits per heavy atom. The van der Waals surface area contributed by atoms with E-state index in [1.54, 1.807) is 6.20 Å². The molecule has 0 N–H and O–H groups in total. The molecule has 4 heterocycles. The Morgan fingerprint density at radius 3 is 2.52 bits per heavy atom. The first-order chi connectivity index (χ1) is 10.0. The van der Waals surface area contributed by atoms with Gasteiger partial charge in [-0.2, -0.15) is 8.78 Å². The molecule has 0 saturated carbocycles. The summed E-state index contributed by atoms with van der Waals surface area (Å²) in [5.74, 6) is -0.0245.